The van der Waals surface area contributed by atoms with Crippen LogP contribution >= 0.6 is 0 Å². The highest BCUT2D eigenvalue weighted by Crippen LogP contribution is 2.27. The molecule has 0 aliphatic carbocycles. The van der Waals surface area contributed by atoms with E-state index in [1.807, 2.05) is 25.6 Å². The third-order valence-corrected chi connectivity index (χ3v) is 3.35. The van der Waals surface area contributed by atoms with Crippen LogP contribution in [0.1, 0.15) is 29.8 Å². The summed E-state index contributed by atoms with van der Waals surface area (Å²) in [6.07, 6.45) is 3.75. The molecular formula is C15H21N3O. The van der Waals surface area contributed by atoms with Gasteiger partial charge in [0.2, 0.25) is 0 Å². The molecule has 1 N–H and O–H groups in total. The standard InChI is InChI=1S/C15H21N3O/c1-5-17-15(14-9-16-10-18(14)3)13-7-6-12(19-4)8-11(13)2/h6-10,15,17H,5H2,1-4H3. The van der Waals surface area contributed by atoms with Crippen molar-refractivity contribution in [1.82, 2.24) is 14.9 Å². The van der Waals surface area contributed by atoms with Crippen LogP contribution in [0, 0.1) is 6.92 Å². The van der Waals surface area contributed by atoms with Gasteiger partial charge in [0.05, 0.1) is 31.4 Å². The van der Waals surface area contributed by atoms with E-state index in [1.165, 1.54) is 11.1 Å². The van der Waals surface area contributed by atoms with Crippen molar-refractivity contribution in [3.63, 3.8) is 0 Å². The monoisotopic (exact) mass is 259 g/mol. The normalized spacial score (nSPS) is 12.4. The molecule has 1 unspecified atom stereocenters. The van der Waals surface area contributed by atoms with Crippen LogP contribution in [-0.4, -0.2) is 23.2 Å². The number of rotatable bonds is 5. The fourth-order valence-electron chi connectivity index (χ4n) is 2.32. The summed E-state index contributed by atoms with van der Waals surface area (Å²) in [6, 6.07) is 6.34. The summed E-state index contributed by atoms with van der Waals surface area (Å²) in [5.74, 6) is 0.890. The predicted molar refractivity (Wildman–Crippen MR) is 76.5 cm³/mol. The number of aryl methyl sites for hydroxylation is 2. The van der Waals surface area contributed by atoms with Gasteiger partial charge in [0.25, 0.3) is 0 Å². The average Bonchev–Trinajstić information content (AvgIpc) is 2.82. The van der Waals surface area contributed by atoms with Crippen LogP contribution in [0.5, 0.6) is 5.75 Å². The Kier molecular flexibility index (Phi) is 4.22. The van der Waals surface area contributed by atoms with Gasteiger partial charge in [0.15, 0.2) is 0 Å². The second-order valence-corrected chi connectivity index (χ2v) is 4.64. The maximum atomic E-state index is 5.27. The molecule has 0 amide bonds. The number of aromatic nitrogens is 2. The molecule has 1 atom stereocenters. The molecule has 0 saturated heterocycles. The molecule has 0 radical (unpaired) electrons. The van der Waals surface area contributed by atoms with E-state index in [2.05, 4.69) is 40.8 Å². The molecule has 102 valence electrons. The SMILES string of the molecule is CCNC(c1ccc(OC)cc1C)c1cncn1C. The average molecular weight is 259 g/mol. The van der Waals surface area contributed by atoms with E-state index in [0.717, 1.165) is 18.0 Å². The van der Waals surface area contributed by atoms with Crippen molar-refractivity contribution < 1.29 is 4.74 Å². The summed E-state index contributed by atoms with van der Waals surface area (Å²) in [5.41, 5.74) is 3.63. The third kappa shape index (κ3) is 2.79. The molecule has 0 saturated carbocycles. The minimum Gasteiger partial charge on any atom is -0.497 e. The zero-order valence-electron chi connectivity index (χ0n) is 12.0. The molecule has 0 bridgehead atoms. The minimum atomic E-state index is 0.156. The van der Waals surface area contributed by atoms with Crippen LogP contribution < -0.4 is 10.1 Å². The van der Waals surface area contributed by atoms with Gasteiger partial charge in [-0.05, 0) is 36.7 Å². The maximum absolute atomic E-state index is 5.27. The molecule has 1 aromatic heterocycles. The highest BCUT2D eigenvalue weighted by molar-refractivity contribution is 5.39. The maximum Gasteiger partial charge on any atom is 0.119 e. The topological polar surface area (TPSA) is 39.1 Å². The molecule has 4 nitrogen and oxygen atoms in total. The second kappa shape index (κ2) is 5.89. The highest BCUT2D eigenvalue weighted by Gasteiger charge is 2.18. The first-order valence-electron chi connectivity index (χ1n) is 6.51. The molecule has 1 aromatic carbocycles. The van der Waals surface area contributed by atoms with Gasteiger partial charge in [0, 0.05) is 7.05 Å². The van der Waals surface area contributed by atoms with Crippen LogP contribution in [0.15, 0.2) is 30.7 Å². The van der Waals surface area contributed by atoms with Crippen molar-refractivity contribution in [3.05, 3.63) is 47.5 Å². The number of nitrogens with zero attached hydrogens (tertiary/aromatic N) is 2. The molecule has 1 heterocycles. The van der Waals surface area contributed by atoms with E-state index in [1.54, 1.807) is 7.11 Å². The van der Waals surface area contributed by atoms with Crippen LogP contribution in [0.4, 0.5) is 0 Å². The third-order valence-electron chi connectivity index (χ3n) is 3.35. The zero-order valence-corrected chi connectivity index (χ0v) is 12.0. The molecule has 0 aliphatic heterocycles. The van der Waals surface area contributed by atoms with Crippen LogP contribution in [-0.2, 0) is 7.05 Å². The fourth-order valence-corrected chi connectivity index (χ4v) is 2.32. The highest BCUT2D eigenvalue weighted by atomic mass is 16.5. The smallest absolute Gasteiger partial charge is 0.119 e. The number of nitrogens with one attached hydrogen (secondary N) is 1. The quantitative estimate of drug-likeness (QED) is 0.896. The first kappa shape index (κ1) is 13.6. The molecule has 2 aromatic rings. The molecular weight excluding hydrogens is 238 g/mol. The summed E-state index contributed by atoms with van der Waals surface area (Å²) >= 11 is 0. The Hall–Kier alpha value is -1.81. The first-order valence-corrected chi connectivity index (χ1v) is 6.51. The summed E-state index contributed by atoms with van der Waals surface area (Å²) < 4.78 is 7.32. The number of imidazole rings is 1. The lowest BCUT2D eigenvalue weighted by Gasteiger charge is -2.21. The summed E-state index contributed by atoms with van der Waals surface area (Å²) in [6.45, 7) is 5.13. The largest absolute Gasteiger partial charge is 0.497 e. The van der Waals surface area contributed by atoms with Gasteiger partial charge in [-0.25, -0.2) is 4.98 Å². The lowest BCUT2D eigenvalue weighted by Crippen LogP contribution is -2.24. The van der Waals surface area contributed by atoms with E-state index in [-0.39, 0.29) is 6.04 Å². The van der Waals surface area contributed by atoms with Crippen LogP contribution in [0.3, 0.4) is 0 Å². The Morgan fingerprint density at radius 2 is 2.21 bits per heavy atom. The number of ether oxygens (including phenoxy) is 1. The molecule has 2 rings (SSSR count). The Labute approximate surface area is 114 Å². The van der Waals surface area contributed by atoms with Crippen molar-refractivity contribution >= 4 is 0 Å². The fraction of sp³-hybridized carbons (Fsp3) is 0.400. The van der Waals surface area contributed by atoms with Crippen molar-refractivity contribution in [2.24, 2.45) is 7.05 Å². The van der Waals surface area contributed by atoms with E-state index >= 15 is 0 Å². The van der Waals surface area contributed by atoms with Gasteiger partial charge in [-0.1, -0.05) is 13.0 Å². The number of benzene rings is 1. The van der Waals surface area contributed by atoms with Gasteiger partial charge in [-0.3, -0.25) is 0 Å². The Balaban J connectivity index is 2.42. The predicted octanol–water partition coefficient (Wildman–Crippen LogP) is 2.44. The summed E-state index contributed by atoms with van der Waals surface area (Å²) in [7, 11) is 3.71. The lowest BCUT2D eigenvalue weighted by molar-refractivity contribution is 0.414. The van der Waals surface area contributed by atoms with E-state index in [0.29, 0.717) is 0 Å². The van der Waals surface area contributed by atoms with Gasteiger partial charge in [-0.2, -0.15) is 0 Å². The van der Waals surface area contributed by atoms with E-state index < -0.39 is 0 Å². The zero-order chi connectivity index (χ0) is 13.8. The first-order chi connectivity index (χ1) is 9.17. The van der Waals surface area contributed by atoms with Gasteiger partial charge < -0.3 is 14.6 Å². The Morgan fingerprint density at radius 1 is 1.42 bits per heavy atom. The lowest BCUT2D eigenvalue weighted by atomic mass is 9.98. The van der Waals surface area contributed by atoms with Gasteiger partial charge >= 0.3 is 0 Å². The van der Waals surface area contributed by atoms with E-state index in [9.17, 15) is 0 Å². The van der Waals surface area contributed by atoms with Gasteiger partial charge in [0.1, 0.15) is 5.75 Å². The van der Waals surface area contributed by atoms with Crippen molar-refractivity contribution in [3.8, 4) is 5.75 Å². The van der Waals surface area contributed by atoms with E-state index in [4.69, 9.17) is 4.74 Å². The van der Waals surface area contributed by atoms with Gasteiger partial charge in [-0.15, -0.1) is 0 Å². The molecule has 0 aliphatic rings. The second-order valence-electron chi connectivity index (χ2n) is 4.64. The Morgan fingerprint density at radius 3 is 2.74 bits per heavy atom. The molecule has 0 fully saturated rings. The minimum absolute atomic E-state index is 0.156. The number of hydrogen-bond acceptors (Lipinski definition) is 3. The Bertz CT molecular complexity index is 548. The number of hydrogen-bond donors (Lipinski definition) is 1. The van der Waals surface area contributed by atoms with Crippen molar-refractivity contribution in [2.45, 2.75) is 19.9 Å². The van der Waals surface area contributed by atoms with Crippen LogP contribution in [0.25, 0.3) is 0 Å². The van der Waals surface area contributed by atoms with Crippen LogP contribution in [0.2, 0.25) is 0 Å². The van der Waals surface area contributed by atoms with Crippen molar-refractivity contribution in [1.29, 1.82) is 0 Å². The molecule has 4 heteroatoms. The summed E-state index contributed by atoms with van der Waals surface area (Å²) in [4.78, 5) is 4.21. The molecule has 19 heavy (non-hydrogen) atoms. The van der Waals surface area contributed by atoms with Crippen molar-refractivity contribution in [2.75, 3.05) is 13.7 Å². The number of methoxy groups -OCH3 is 1. The molecule has 0 spiro atoms. The summed E-state index contributed by atoms with van der Waals surface area (Å²) in [5, 5.41) is 3.52.